The van der Waals surface area contributed by atoms with Crippen LogP contribution in [-0.4, -0.2) is 38.0 Å². The van der Waals surface area contributed by atoms with E-state index in [1.165, 1.54) is 36.4 Å². The first-order valence-corrected chi connectivity index (χ1v) is 9.35. The van der Waals surface area contributed by atoms with Crippen LogP contribution in [0.3, 0.4) is 0 Å². The van der Waals surface area contributed by atoms with Crippen molar-refractivity contribution in [3.05, 3.63) is 71.3 Å². The molecule has 0 unspecified atom stereocenters. The second-order valence-electron chi connectivity index (χ2n) is 5.42. The van der Waals surface area contributed by atoms with Crippen molar-refractivity contribution >= 4 is 15.9 Å². The summed E-state index contributed by atoms with van der Waals surface area (Å²) in [6, 6.07) is 11.3. The summed E-state index contributed by atoms with van der Waals surface area (Å²) < 4.78 is 52.1. The molecule has 0 radical (unpaired) electrons. The molecule has 0 aliphatic rings. The van der Waals surface area contributed by atoms with E-state index in [0.717, 1.165) is 16.6 Å². The molecule has 2 aromatic rings. The van der Waals surface area contributed by atoms with E-state index in [2.05, 4.69) is 5.32 Å². The van der Waals surface area contributed by atoms with E-state index >= 15 is 0 Å². The number of sulfonamides is 1. The normalized spacial score (nSPS) is 11.5. The minimum absolute atomic E-state index is 0.0330. The van der Waals surface area contributed by atoms with Gasteiger partial charge < -0.3 is 5.32 Å². The van der Waals surface area contributed by atoms with Gasteiger partial charge in [0.1, 0.15) is 11.6 Å². The predicted octanol–water partition coefficient (Wildman–Crippen LogP) is 2.16. The number of amides is 1. The van der Waals surface area contributed by atoms with Crippen molar-refractivity contribution in [1.82, 2.24) is 9.62 Å². The molecular formula is C17H18F2N2O3S. The SMILES string of the molecule is CS(=O)(=O)N(CCNC(=O)c1ccccc1F)Cc1ccccc1F. The maximum absolute atomic E-state index is 13.7. The molecule has 0 bridgehead atoms. The van der Waals surface area contributed by atoms with Crippen LogP contribution in [0.4, 0.5) is 8.78 Å². The minimum Gasteiger partial charge on any atom is -0.351 e. The lowest BCUT2D eigenvalue weighted by Gasteiger charge is -2.20. The van der Waals surface area contributed by atoms with Crippen LogP contribution >= 0.6 is 0 Å². The molecule has 2 aromatic carbocycles. The molecule has 0 saturated heterocycles. The van der Waals surface area contributed by atoms with Crippen molar-refractivity contribution in [2.24, 2.45) is 0 Å². The van der Waals surface area contributed by atoms with Gasteiger partial charge >= 0.3 is 0 Å². The summed E-state index contributed by atoms with van der Waals surface area (Å²) >= 11 is 0. The fourth-order valence-electron chi connectivity index (χ4n) is 2.21. The van der Waals surface area contributed by atoms with Crippen molar-refractivity contribution < 1.29 is 22.0 Å². The van der Waals surface area contributed by atoms with Gasteiger partial charge in [-0.15, -0.1) is 0 Å². The average molecular weight is 368 g/mol. The second-order valence-corrected chi connectivity index (χ2v) is 7.41. The van der Waals surface area contributed by atoms with E-state index < -0.39 is 27.6 Å². The maximum Gasteiger partial charge on any atom is 0.254 e. The first-order chi connectivity index (χ1) is 11.8. The van der Waals surface area contributed by atoms with Crippen LogP contribution in [0, 0.1) is 11.6 Å². The van der Waals surface area contributed by atoms with E-state index in [4.69, 9.17) is 0 Å². The standard InChI is InChI=1S/C17H18F2N2O3S/c1-25(23,24)21(12-13-6-2-4-8-15(13)18)11-10-20-17(22)14-7-3-5-9-16(14)19/h2-9H,10-12H2,1H3,(H,20,22). The van der Waals surface area contributed by atoms with E-state index in [9.17, 15) is 22.0 Å². The van der Waals surface area contributed by atoms with Crippen molar-refractivity contribution in [3.63, 3.8) is 0 Å². The van der Waals surface area contributed by atoms with E-state index in [0.29, 0.717) is 0 Å². The number of carbonyl (C=O) groups excluding carboxylic acids is 1. The number of nitrogens with one attached hydrogen (secondary N) is 1. The fourth-order valence-corrected chi connectivity index (χ4v) is 3.01. The Balaban J connectivity index is 2.01. The van der Waals surface area contributed by atoms with Crippen LogP contribution in [0.5, 0.6) is 0 Å². The summed E-state index contributed by atoms with van der Waals surface area (Å²) in [5, 5.41) is 2.46. The Hall–Kier alpha value is -2.32. The van der Waals surface area contributed by atoms with E-state index in [1.807, 2.05) is 0 Å². The molecule has 25 heavy (non-hydrogen) atoms. The smallest absolute Gasteiger partial charge is 0.254 e. The van der Waals surface area contributed by atoms with Crippen LogP contribution in [-0.2, 0) is 16.6 Å². The topological polar surface area (TPSA) is 66.5 Å². The first kappa shape index (κ1) is 19.0. The molecule has 2 rings (SSSR count). The van der Waals surface area contributed by atoms with Crippen LogP contribution in [0.25, 0.3) is 0 Å². The number of hydrogen-bond acceptors (Lipinski definition) is 3. The van der Waals surface area contributed by atoms with Crippen LogP contribution in [0.1, 0.15) is 15.9 Å². The summed E-state index contributed by atoms with van der Waals surface area (Å²) in [4.78, 5) is 11.9. The van der Waals surface area contributed by atoms with Gasteiger partial charge in [0.2, 0.25) is 10.0 Å². The Morgan fingerprint density at radius 2 is 1.64 bits per heavy atom. The van der Waals surface area contributed by atoms with Gasteiger partial charge in [-0.1, -0.05) is 30.3 Å². The largest absolute Gasteiger partial charge is 0.351 e. The Bertz CT molecular complexity index is 856. The molecule has 0 aromatic heterocycles. The molecule has 1 N–H and O–H groups in total. The predicted molar refractivity (Wildman–Crippen MR) is 90.4 cm³/mol. The molecule has 0 aliphatic heterocycles. The zero-order valence-corrected chi connectivity index (χ0v) is 14.4. The third kappa shape index (κ3) is 5.33. The lowest BCUT2D eigenvalue weighted by atomic mass is 10.2. The van der Waals surface area contributed by atoms with Gasteiger partial charge in [0.25, 0.3) is 5.91 Å². The molecule has 5 nitrogen and oxygen atoms in total. The number of carbonyl (C=O) groups is 1. The summed E-state index contributed by atoms with van der Waals surface area (Å²) in [6.07, 6.45) is 1.01. The monoisotopic (exact) mass is 368 g/mol. The van der Waals surface area contributed by atoms with Crippen LogP contribution < -0.4 is 5.32 Å². The molecular weight excluding hydrogens is 350 g/mol. The second kappa shape index (κ2) is 8.17. The lowest BCUT2D eigenvalue weighted by molar-refractivity contribution is 0.0947. The quantitative estimate of drug-likeness (QED) is 0.814. The zero-order valence-electron chi connectivity index (χ0n) is 13.6. The summed E-state index contributed by atoms with van der Waals surface area (Å²) in [5.41, 5.74) is 0.107. The number of rotatable bonds is 7. The van der Waals surface area contributed by atoms with Gasteiger partial charge in [0, 0.05) is 25.2 Å². The van der Waals surface area contributed by atoms with Gasteiger partial charge in [-0.25, -0.2) is 17.2 Å². The van der Waals surface area contributed by atoms with Crippen molar-refractivity contribution in [2.75, 3.05) is 19.3 Å². The third-order valence-corrected chi connectivity index (χ3v) is 4.79. The maximum atomic E-state index is 13.7. The molecule has 0 saturated carbocycles. The van der Waals surface area contributed by atoms with Crippen molar-refractivity contribution in [2.45, 2.75) is 6.54 Å². The number of halogens is 2. The Labute approximate surface area is 145 Å². The zero-order chi connectivity index (χ0) is 18.4. The molecule has 0 atom stereocenters. The van der Waals surface area contributed by atoms with Gasteiger partial charge in [-0.2, -0.15) is 4.31 Å². The highest BCUT2D eigenvalue weighted by molar-refractivity contribution is 7.88. The number of hydrogen-bond donors (Lipinski definition) is 1. The average Bonchev–Trinajstić information content (AvgIpc) is 2.55. The molecule has 0 heterocycles. The summed E-state index contributed by atoms with van der Waals surface area (Å²) in [5.74, 6) is -1.81. The van der Waals surface area contributed by atoms with Crippen LogP contribution in [0.2, 0.25) is 0 Å². The van der Waals surface area contributed by atoms with Gasteiger partial charge in [0.05, 0.1) is 11.8 Å². The van der Waals surface area contributed by atoms with Gasteiger partial charge in [0.15, 0.2) is 0 Å². The number of nitrogens with zero attached hydrogens (tertiary/aromatic N) is 1. The Morgan fingerprint density at radius 3 is 2.24 bits per heavy atom. The molecule has 0 fully saturated rings. The molecule has 8 heteroatoms. The van der Waals surface area contributed by atoms with E-state index in [1.54, 1.807) is 6.07 Å². The summed E-state index contributed by atoms with van der Waals surface area (Å²) in [7, 11) is -3.61. The highest BCUT2D eigenvalue weighted by Crippen LogP contribution is 2.12. The summed E-state index contributed by atoms with van der Waals surface area (Å²) in [6.45, 7) is -0.247. The van der Waals surface area contributed by atoms with Crippen molar-refractivity contribution in [3.8, 4) is 0 Å². The Morgan fingerprint density at radius 1 is 1.04 bits per heavy atom. The molecule has 134 valence electrons. The highest BCUT2D eigenvalue weighted by Gasteiger charge is 2.19. The van der Waals surface area contributed by atoms with Crippen LogP contribution in [0.15, 0.2) is 48.5 Å². The minimum atomic E-state index is -3.61. The third-order valence-electron chi connectivity index (χ3n) is 3.54. The van der Waals surface area contributed by atoms with Gasteiger partial charge in [-0.05, 0) is 18.2 Å². The molecule has 0 spiro atoms. The fraction of sp³-hybridized carbons (Fsp3) is 0.235. The van der Waals surface area contributed by atoms with E-state index in [-0.39, 0.29) is 30.8 Å². The molecule has 0 aliphatic carbocycles. The van der Waals surface area contributed by atoms with Gasteiger partial charge in [-0.3, -0.25) is 4.79 Å². The highest BCUT2D eigenvalue weighted by atomic mass is 32.2. The number of benzene rings is 2. The first-order valence-electron chi connectivity index (χ1n) is 7.50. The lowest BCUT2D eigenvalue weighted by Crippen LogP contribution is -2.38. The Kier molecular flexibility index (Phi) is 6.22. The molecule has 1 amide bonds. The van der Waals surface area contributed by atoms with Crippen molar-refractivity contribution in [1.29, 1.82) is 0 Å².